The van der Waals surface area contributed by atoms with Gasteiger partial charge >= 0.3 is 0 Å². The average molecular weight is 186 g/mol. The lowest BCUT2D eigenvalue weighted by atomic mass is 9.90. The molecule has 0 bridgehead atoms. The van der Waals surface area contributed by atoms with Gasteiger partial charge in [0.25, 0.3) is 0 Å². The van der Waals surface area contributed by atoms with Crippen molar-refractivity contribution in [3.05, 3.63) is 23.4 Å². The molecule has 2 aliphatic heterocycles. The minimum absolute atomic E-state index is 0.319. The summed E-state index contributed by atoms with van der Waals surface area (Å²) in [6.45, 7) is 2.16. The molecule has 1 atom stereocenters. The van der Waals surface area contributed by atoms with E-state index in [1.807, 2.05) is 12.4 Å². The molecule has 0 aromatic carbocycles. The number of rotatable bonds is 1. The highest BCUT2D eigenvalue weighted by Gasteiger charge is 2.35. The molecular formula is C12H14N2. The van der Waals surface area contributed by atoms with Crippen molar-refractivity contribution in [1.82, 2.24) is 0 Å². The fourth-order valence-corrected chi connectivity index (χ4v) is 2.28. The Hall–Kier alpha value is -1.18. The lowest BCUT2D eigenvalue weighted by Gasteiger charge is -2.23. The highest BCUT2D eigenvalue weighted by Crippen LogP contribution is 2.41. The second-order valence-electron chi connectivity index (χ2n) is 4.30. The molecule has 1 aliphatic carbocycles. The molecule has 1 saturated carbocycles. The zero-order valence-corrected chi connectivity index (χ0v) is 8.40. The normalized spacial score (nSPS) is 30.4. The Bertz CT molecular complexity index is 381. The molecule has 0 radical (unpaired) electrons. The lowest BCUT2D eigenvalue weighted by molar-refractivity contribution is 0.840. The van der Waals surface area contributed by atoms with E-state index in [1.165, 1.54) is 29.7 Å². The van der Waals surface area contributed by atoms with E-state index in [4.69, 9.17) is 0 Å². The minimum atomic E-state index is 0.319. The third-order valence-electron chi connectivity index (χ3n) is 3.13. The van der Waals surface area contributed by atoms with Gasteiger partial charge in [0.05, 0.1) is 11.8 Å². The van der Waals surface area contributed by atoms with Gasteiger partial charge in [0, 0.05) is 12.4 Å². The van der Waals surface area contributed by atoms with Gasteiger partial charge in [-0.1, -0.05) is 6.08 Å². The van der Waals surface area contributed by atoms with Crippen LogP contribution in [0.25, 0.3) is 0 Å². The van der Waals surface area contributed by atoms with Crippen molar-refractivity contribution < 1.29 is 0 Å². The van der Waals surface area contributed by atoms with Crippen molar-refractivity contribution in [3.63, 3.8) is 0 Å². The molecule has 0 N–H and O–H groups in total. The van der Waals surface area contributed by atoms with Crippen LogP contribution in [0.1, 0.15) is 26.2 Å². The summed E-state index contributed by atoms with van der Waals surface area (Å²) in [5.74, 6) is 0.787. The van der Waals surface area contributed by atoms with Crippen LogP contribution in [0.2, 0.25) is 0 Å². The van der Waals surface area contributed by atoms with Gasteiger partial charge in [-0.2, -0.15) is 0 Å². The van der Waals surface area contributed by atoms with E-state index < -0.39 is 0 Å². The van der Waals surface area contributed by atoms with Crippen LogP contribution in [0, 0.1) is 5.92 Å². The highest BCUT2D eigenvalue weighted by molar-refractivity contribution is 6.12. The summed E-state index contributed by atoms with van der Waals surface area (Å²) in [5, 5.41) is 0. The quantitative estimate of drug-likeness (QED) is 0.601. The Balaban J connectivity index is 2.07. The van der Waals surface area contributed by atoms with Gasteiger partial charge in [0.1, 0.15) is 0 Å². The van der Waals surface area contributed by atoms with E-state index in [2.05, 4.69) is 23.0 Å². The number of allylic oxidation sites excluding steroid dienone is 1. The number of dihydropyridines is 1. The van der Waals surface area contributed by atoms with Crippen molar-refractivity contribution in [3.8, 4) is 0 Å². The van der Waals surface area contributed by atoms with Crippen LogP contribution in [-0.4, -0.2) is 18.0 Å². The maximum atomic E-state index is 4.53. The summed E-state index contributed by atoms with van der Waals surface area (Å²) in [6, 6.07) is 0.319. The Morgan fingerprint density at radius 2 is 2.21 bits per heavy atom. The predicted octanol–water partition coefficient (Wildman–Crippen LogP) is 2.52. The van der Waals surface area contributed by atoms with Crippen molar-refractivity contribution in [2.45, 2.75) is 32.2 Å². The van der Waals surface area contributed by atoms with Crippen molar-refractivity contribution in [1.29, 1.82) is 0 Å². The van der Waals surface area contributed by atoms with Crippen LogP contribution < -0.4 is 0 Å². The van der Waals surface area contributed by atoms with E-state index in [1.54, 1.807) is 0 Å². The summed E-state index contributed by atoms with van der Waals surface area (Å²) in [4.78, 5) is 9.04. The Kier molecular flexibility index (Phi) is 1.69. The van der Waals surface area contributed by atoms with Gasteiger partial charge in [-0.25, -0.2) is 0 Å². The average Bonchev–Trinajstić information content (AvgIpc) is 3.01. The Morgan fingerprint density at radius 1 is 1.36 bits per heavy atom. The Morgan fingerprint density at radius 3 is 3.00 bits per heavy atom. The molecule has 14 heavy (non-hydrogen) atoms. The maximum Gasteiger partial charge on any atom is 0.0957 e. The molecule has 0 saturated heterocycles. The van der Waals surface area contributed by atoms with Gasteiger partial charge in [-0.05, 0) is 43.3 Å². The van der Waals surface area contributed by atoms with Gasteiger partial charge in [-0.15, -0.1) is 0 Å². The van der Waals surface area contributed by atoms with Gasteiger partial charge in [-0.3, -0.25) is 9.98 Å². The summed E-state index contributed by atoms with van der Waals surface area (Å²) < 4.78 is 0. The Labute approximate surface area is 84.1 Å². The van der Waals surface area contributed by atoms with E-state index in [0.717, 1.165) is 12.3 Å². The van der Waals surface area contributed by atoms with Crippen LogP contribution >= 0.6 is 0 Å². The van der Waals surface area contributed by atoms with Gasteiger partial charge < -0.3 is 0 Å². The molecule has 3 aliphatic rings. The standard InChI is InChI=1S/C12H14N2/c1-8-7-14-10-3-2-6-13-12(10)11(8)9-4-5-9/h2,6-7,9-10H,3-5H2,1H3. The molecule has 1 unspecified atom stereocenters. The molecule has 2 heterocycles. The minimum Gasteiger partial charge on any atom is -0.283 e. The van der Waals surface area contributed by atoms with E-state index in [-0.39, 0.29) is 0 Å². The second-order valence-corrected chi connectivity index (χ2v) is 4.30. The number of fused-ring (bicyclic) bond motifs is 1. The van der Waals surface area contributed by atoms with Crippen molar-refractivity contribution >= 4 is 11.9 Å². The highest BCUT2D eigenvalue weighted by atomic mass is 14.9. The first-order chi connectivity index (χ1) is 6.86. The summed E-state index contributed by atoms with van der Waals surface area (Å²) >= 11 is 0. The molecule has 2 heteroatoms. The monoisotopic (exact) mass is 186 g/mol. The van der Waals surface area contributed by atoms with Crippen LogP contribution in [0.3, 0.4) is 0 Å². The third kappa shape index (κ3) is 1.17. The second kappa shape index (κ2) is 2.91. The van der Waals surface area contributed by atoms with Crippen LogP contribution in [0.4, 0.5) is 0 Å². The first kappa shape index (κ1) is 8.16. The van der Waals surface area contributed by atoms with Crippen molar-refractivity contribution in [2.75, 3.05) is 0 Å². The van der Waals surface area contributed by atoms with Gasteiger partial charge in [0.2, 0.25) is 0 Å². The molecule has 0 aromatic heterocycles. The maximum absolute atomic E-state index is 4.53. The molecular weight excluding hydrogens is 172 g/mol. The van der Waals surface area contributed by atoms with E-state index in [0.29, 0.717) is 6.04 Å². The fourth-order valence-electron chi connectivity index (χ4n) is 2.28. The summed E-state index contributed by atoms with van der Waals surface area (Å²) in [6.07, 6.45) is 9.79. The fraction of sp³-hybridized carbons (Fsp3) is 0.500. The molecule has 0 spiro atoms. The lowest BCUT2D eigenvalue weighted by Crippen LogP contribution is -2.27. The molecule has 3 rings (SSSR count). The van der Waals surface area contributed by atoms with Crippen molar-refractivity contribution in [2.24, 2.45) is 15.9 Å². The summed E-state index contributed by atoms with van der Waals surface area (Å²) in [7, 11) is 0. The van der Waals surface area contributed by atoms with E-state index >= 15 is 0 Å². The molecule has 0 amide bonds. The number of nitrogens with zero attached hydrogens (tertiary/aromatic N) is 2. The molecule has 72 valence electrons. The third-order valence-corrected chi connectivity index (χ3v) is 3.13. The molecule has 1 fully saturated rings. The predicted molar refractivity (Wildman–Crippen MR) is 58.9 cm³/mol. The number of hydrogen-bond acceptors (Lipinski definition) is 2. The topological polar surface area (TPSA) is 24.7 Å². The van der Waals surface area contributed by atoms with E-state index in [9.17, 15) is 0 Å². The number of hydrogen-bond donors (Lipinski definition) is 0. The zero-order valence-electron chi connectivity index (χ0n) is 8.40. The summed E-state index contributed by atoms with van der Waals surface area (Å²) in [5.41, 5.74) is 4.07. The molecule has 0 aromatic rings. The number of aliphatic imine (C=N–C) groups is 2. The largest absolute Gasteiger partial charge is 0.283 e. The first-order valence-corrected chi connectivity index (χ1v) is 5.33. The van der Waals surface area contributed by atoms with Crippen LogP contribution in [-0.2, 0) is 0 Å². The van der Waals surface area contributed by atoms with Gasteiger partial charge in [0.15, 0.2) is 0 Å². The SMILES string of the molecule is CC1=C(C2CC2)C2=NC=CCC2N=C1. The zero-order chi connectivity index (χ0) is 9.54. The first-order valence-electron chi connectivity index (χ1n) is 5.33. The smallest absolute Gasteiger partial charge is 0.0957 e. The molecule has 2 nitrogen and oxygen atoms in total. The van der Waals surface area contributed by atoms with Crippen LogP contribution in [0.15, 0.2) is 33.4 Å². The van der Waals surface area contributed by atoms with Crippen LogP contribution in [0.5, 0.6) is 0 Å².